The predicted molar refractivity (Wildman–Crippen MR) is 119 cm³/mol. The second-order valence-corrected chi connectivity index (χ2v) is 7.61. The highest BCUT2D eigenvalue weighted by Gasteiger charge is 2.39. The summed E-state index contributed by atoms with van der Waals surface area (Å²) in [6, 6.07) is 10.5. The molecule has 2 aromatic rings. The Bertz CT molecular complexity index is 762. The van der Waals surface area contributed by atoms with Crippen LogP contribution in [-0.2, 0) is 6.54 Å². The molecule has 1 N–H and O–H groups in total. The molecule has 0 unspecified atom stereocenters. The number of nitrogens with one attached hydrogen (secondary N) is 1. The van der Waals surface area contributed by atoms with Gasteiger partial charge in [-0.1, -0.05) is 43.5 Å². The number of aromatic nitrogens is 1. The summed E-state index contributed by atoms with van der Waals surface area (Å²) in [6.07, 6.45) is 10.2. The van der Waals surface area contributed by atoms with Gasteiger partial charge in [0.15, 0.2) is 5.96 Å². The molecule has 0 radical (unpaired) electrons. The molecule has 2 fully saturated rings. The van der Waals surface area contributed by atoms with Crippen LogP contribution in [0.3, 0.4) is 0 Å². The van der Waals surface area contributed by atoms with Crippen molar-refractivity contribution in [1.82, 2.24) is 15.2 Å². The molecular weight excluding hydrogens is 435 g/mol. The SMILES string of the molecule is CN=C(NCc1nccc2ccccc12)N1CCC2(CCCCC2)C1.I. The number of benzene rings is 1. The van der Waals surface area contributed by atoms with Gasteiger partial charge in [0.05, 0.1) is 12.2 Å². The molecule has 140 valence electrons. The Morgan fingerprint density at radius 1 is 1.15 bits per heavy atom. The standard InChI is InChI=1S/C21H28N4.HI/c1-22-20(25-14-12-21(16-25)10-5-2-6-11-21)24-15-19-18-8-4-3-7-17(18)9-13-23-19;/h3-4,7-9,13H,2,5-6,10-12,14-16H2,1H3,(H,22,24);1H. The Hall–Kier alpha value is -1.37. The number of fused-ring (bicyclic) bond motifs is 1. The van der Waals surface area contributed by atoms with Crippen molar-refractivity contribution < 1.29 is 0 Å². The third-order valence-corrected chi connectivity index (χ3v) is 6.03. The van der Waals surface area contributed by atoms with Crippen molar-refractivity contribution in [2.24, 2.45) is 10.4 Å². The minimum absolute atomic E-state index is 0. The molecule has 1 aromatic carbocycles. The van der Waals surface area contributed by atoms with Gasteiger partial charge in [0.1, 0.15) is 0 Å². The molecule has 0 amide bonds. The van der Waals surface area contributed by atoms with Crippen molar-refractivity contribution in [1.29, 1.82) is 0 Å². The minimum Gasteiger partial charge on any atom is -0.351 e. The fourth-order valence-electron chi connectivity index (χ4n) is 4.64. The molecule has 5 heteroatoms. The van der Waals surface area contributed by atoms with E-state index in [0.29, 0.717) is 5.41 Å². The van der Waals surface area contributed by atoms with E-state index in [9.17, 15) is 0 Å². The maximum atomic E-state index is 4.59. The molecule has 2 heterocycles. The van der Waals surface area contributed by atoms with Crippen molar-refractivity contribution in [3.63, 3.8) is 0 Å². The van der Waals surface area contributed by atoms with E-state index in [4.69, 9.17) is 0 Å². The average molecular weight is 464 g/mol. The number of hydrogen-bond donors (Lipinski definition) is 1. The summed E-state index contributed by atoms with van der Waals surface area (Å²) in [4.78, 5) is 11.6. The smallest absolute Gasteiger partial charge is 0.193 e. The Morgan fingerprint density at radius 3 is 2.77 bits per heavy atom. The second-order valence-electron chi connectivity index (χ2n) is 7.61. The van der Waals surface area contributed by atoms with Gasteiger partial charge in [0, 0.05) is 31.7 Å². The Balaban J connectivity index is 0.00000196. The van der Waals surface area contributed by atoms with E-state index >= 15 is 0 Å². The first-order valence-electron chi connectivity index (χ1n) is 9.58. The maximum absolute atomic E-state index is 4.59. The van der Waals surface area contributed by atoms with Gasteiger partial charge in [-0.2, -0.15) is 0 Å². The number of likely N-dealkylation sites (tertiary alicyclic amines) is 1. The largest absolute Gasteiger partial charge is 0.351 e. The summed E-state index contributed by atoms with van der Waals surface area (Å²) in [5.41, 5.74) is 1.64. The number of nitrogens with zero attached hydrogens (tertiary/aromatic N) is 3. The highest BCUT2D eigenvalue weighted by molar-refractivity contribution is 14.0. The molecule has 2 aliphatic rings. The van der Waals surface area contributed by atoms with E-state index in [1.54, 1.807) is 0 Å². The number of guanidine groups is 1. The Morgan fingerprint density at radius 2 is 1.96 bits per heavy atom. The van der Waals surface area contributed by atoms with Crippen LogP contribution < -0.4 is 5.32 Å². The number of aliphatic imine (C=N–C) groups is 1. The fourth-order valence-corrected chi connectivity index (χ4v) is 4.64. The molecule has 0 atom stereocenters. The monoisotopic (exact) mass is 464 g/mol. The van der Waals surface area contributed by atoms with Crippen LogP contribution in [0, 0.1) is 5.41 Å². The zero-order valence-corrected chi connectivity index (χ0v) is 17.9. The van der Waals surface area contributed by atoms with Crippen LogP contribution in [0.2, 0.25) is 0 Å². The van der Waals surface area contributed by atoms with Crippen LogP contribution in [-0.4, -0.2) is 36.0 Å². The highest BCUT2D eigenvalue weighted by Crippen LogP contribution is 2.43. The summed E-state index contributed by atoms with van der Waals surface area (Å²) >= 11 is 0. The lowest BCUT2D eigenvalue weighted by Gasteiger charge is -2.33. The van der Waals surface area contributed by atoms with Crippen LogP contribution >= 0.6 is 24.0 Å². The predicted octanol–water partition coefficient (Wildman–Crippen LogP) is 4.58. The summed E-state index contributed by atoms with van der Waals surface area (Å²) in [5, 5.41) is 6.02. The van der Waals surface area contributed by atoms with E-state index in [1.807, 2.05) is 13.2 Å². The van der Waals surface area contributed by atoms with Gasteiger partial charge in [0.2, 0.25) is 0 Å². The van der Waals surface area contributed by atoms with Crippen molar-refractivity contribution >= 4 is 40.7 Å². The first kappa shape index (κ1) is 19.4. The lowest BCUT2D eigenvalue weighted by atomic mass is 9.73. The number of pyridine rings is 1. The minimum atomic E-state index is 0. The van der Waals surface area contributed by atoms with Gasteiger partial charge in [-0.05, 0) is 36.1 Å². The maximum Gasteiger partial charge on any atom is 0.193 e. The van der Waals surface area contributed by atoms with E-state index in [2.05, 4.69) is 50.5 Å². The topological polar surface area (TPSA) is 40.5 Å². The first-order chi connectivity index (χ1) is 12.3. The van der Waals surface area contributed by atoms with Crippen LogP contribution in [0.25, 0.3) is 10.8 Å². The van der Waals surface area contributed by atoms with Crippen molar-refractivity contribution in [2.45, 2.75) is 45.1 Å². The molecule has 4 nitrogen and oxygen atoms in total. The summed E-state index contributed by atoms with van der Waals surface area (Å²) < 4.78 is 0. The number of halogens is 1. The first-order valence-corrected chi connectivity index (χ1v) is 9.58. The molecule has 26 heavy (non-hydrogen) atoms. The molecule has 0 bridgehead atoms. The number of rotatable bonds is 2. The van der Waals surface area contributed by atoms with Gasteiger partial charge in [0.25, 0.3) is 0 Å². The van der Waals surface area contributed by atoms with Gasteiger partial charge < -0.3 is 10.2 Å². The van der Waals surface area contributed by atoms with E-state index < -0.39 is 0 Å². The fraction of sp³-hybridized carbons (Fsp3) is 0.524. The molecule has 4 rings (SSSR count). The van der Waals surface area contributed by atoms with Gasteiger partial charge >= 0.3 is 0 Å². The Kier molecular flexibility index (Phi) is 6.37. The third-order valence-electron chi connectivity index (χ3n) is 6.03. The molecular formula is C21H29IN4. The molecule has 1 aliphatic heterocycles. The van der Waals surface area contributed by atoms with Crippen LogP contribution in [0.5, 0.6) is 0 Å². The average Bonchev–Trinajstić information content (AvgIpc) is 3.06. The van der Waals surface area contributed by atoms with Crippen LogP contribution in [0.15, 0.2) is 41.5 Å². The normalized spacial score (nSPS) is 19.6. The van der Waals surface area contributed by atoms with Crippen molar-refractivity contribution in [3.8, 4) is 0 Å². The zero-order valence-electron chi connectivity index (χ0n) is 15.6. The van der Waals surface area contributed by atoms with Gasteiger partial charge in [-0.15, -0.1) is 24.0 Å². The summed E-state index contributed by atoms with van der Waals surface area (Å²) in [6.45, 7) is 3.01. The second kappa shape index (κ2) is 8.55. The molecule has 1 saturated heterocycles. The highest BCUT2D eigenvalue weighted by atomic mass is 127. The van der Waals surface area contributed by atoms with E-state index in [-0.39, 0.29) is 24.0 Å². The molecule has 1 spiro atoms. The van der Waals surface area contributed by atoms with Crippen molar-refractivity contribution in [2.75, 3.05) is 20.1 Å². The van der Waals surface area contributed by atoms with Gasteiger partial charge in [-0.25, -0.2) is 0 Å². The quantitative estimate of drug-likeness (QED) is 0.402. The number of hydrogen-bond acceptors (Lipinski definition) is 2. The summed E-state index contributed by atoms with van der Waals surface area (Å²) in [7, 11) is 1.89. The molecule has 1 saturated carbocycles. The lowest BCUT2D eigenvalue weighted by Crippen LogP contribution is -2.41. The van der Waals surface area contributed by atoms with Gasteiger partial charge in [-0.3, -0.25) is 9.98 Å². The van der Waals surface area contributed by atoms with E-state index in [1.165, 1.54) is 49.3 Å². The molecule has 1 aromatic heterocycles. The van der Waals surface area contributed by atoms with Crippen LogP contribution in [0.4, 0.5) is 0 Å². The third kappa shape index (κ3) is 3.97. The van der Waals surface area contributed by atoms with E-state index in [0.717, 1.165) is 31.3 Å². The zero-order chi connectivity index (χ0) is 17.1. The lowest BCUT2D eigenvalue weighted by molar-refractivity contribution is 0.203. The molecule has 1 aliphatic carbocycles. The summed E-state index contributed by atoms with van der Waals surface area (Å²) in [5.74, 6) is 1.03. The van der Waals surface area contributed by atoms with Crippen LogP contribution in [0.1, 0.15) is 44.2 Å². The van der Waals surface area contributed by atoms with Crippen molar-refractivity contribution in [3.05, 3.63) is 42.2 Å². The Labute approximate surface area is 173 Å².